The summed E-state index contributed by atoms with van der Waals surface area (Å²) in [4.78, 5) is 26.7. The third kappa shape index (κ3) is 7.69. The minimum atomic E-state index is -0.714. The van der Waals surface area contributed by atoms with Crippen LogP contribution in [0.25, 0.3) is 0 Å². The van der Waals surface area contributed by atoms with E-state index in [4.69, 9.17) is 23.7 Å². The molecule has 0 bridgehead atoms. The standard InChI is InChI=1S/C28H36BrN3O7/c1-28(2)13-19-8-5-9-22(26(19)39-28)37-17-25(33)30-31-27(34)38-16-18-7-6-10-32(14-18)15-20-11-23(35-3)24(36-4)12-21(20)29/h5,8-9,11-12,18H,6-7,10,13-17H2,1-4H3,(H,30,33)(H,31,34). The van der Waals surface area contributed by atoms with E-state index < -0.39 is 12.0 Å². The molecule has 0 spiro atoms. The van der Waals surface area contributed by atoms with E-state index in [0.29, 0.717) is 23.0 Å². The fraction of sp³-hybridized carbons (Fsp3) is 0.500. The average molecular weight is 607 g/mol. The monoisotopic (exact) mass is 605 g/mol. The molecule has 4 rings (SSSR count). The summed E-state index contributed by atoms with van der Waals surface area (Å²) in [7, 11) is 3.23. The number of carbonyl (C=O) groups excluding carboxylic acids is 2. The van der Waals surface area contributed by atoms with E-state index in [2.05, 4.69) is 31.7 Å². The molecule has 0 saturated carbocycles. The predicted octanol–water partition coefficient (Wildman–Crippen LogP) is 4.23. The normalized spacial score (nSPS) is 17.9. The molecule has 10 nitrogen and oxygen atoms in total. The Morgan fingerprint density at radius 3 is 2.67 bits per heavy atom. The highest BCUT2D eigenvalue weighted by atomic mass is 79.9. The van der Waals surface area contributed by atoms with Crippen molar-refractivity contribution in [2.75, 3.05) is 40.5 Å². The molecule has 0 aliphatic carbocycles. The maximum absolute atomic E-state index is 12.2. The second-order valence-corrected chi connectivity index (χ2v) is 11.2. The average Bonchev–Trinajstić information content (AvgIpc) is 3.25. The van der Waals surface area contributed by atoms with Gasteiger partial charge >= 0.3 is 6.09 Å². The van der Waals surface area contributed by atoms with Gasteiger partial charge in [-0.1, -0.05) is 28.1 Å². The van der Waals surface area contributed by atoms with Crippen LogP contribution in [0.3, 0.4) is 0 Å². The summed E-state index contributed by atoms with van der Waals surface area (Å²) in [5.41, 5.74) is 6.43. The van der Waals surface area contributed by atoms with Crippen molar-refractivity contribution in [1.82, 2.24) is 15.8 Å². The van der Waals surface area contributed by atoms with Crippen LogP contribution < -0.4 is 29.8 Å². The minimum absolute atomic E-state index is 0.187. The van der Waals surface area contributed by atoms with Crippen molar-refractivity contribution in [3.05, 3.63) is 45.9 Å². The van der Waals surface area contributed by atoms with E-state index in [1.54, 1.807) is 20.3 Å². The lowest BCUT2D eigenvalue weighted by molar-refractivity contribution is -0.124. The van der Waals surface area contributed by atoms with Crippen molar-refractivity contribution < 1.29 is 33.3 Å². The second-order valence-electron chi connectivity index (χ2n) is 10.4. The summed E-state index contributed by atoms with van der Waals surface area (Å²) in [5, 5.41) is 0. The molecule has 1 unspecified atom stereocenters. The highest BCUT2D eigenvalue weighted by Crippen LogP contribution is 2.41. The van der Waals surface area contributed by atoms with Gasteiger partial charge in [-0.3, -0.25) is 15.1 Å². The molecule has 212 valence electrons. The molecular formula is C28H36BrN3O7. The molecule has 1 fully saturated rings. The lowest BCUT2D eigenvalue weighted by atomic mass is 9.98. The largest absolute Gasteiger partial charge is 0.493 e. The van der Waals surface area contributed by atoms with Gasteiger partial charge in [-0.2, -0.15) is 0 Å². The molecule has 1 atom stereocenters. The Morgan fingerprint density at radius 1 is 1.13 bits per heavy atom. The predicted molar refractivity (Wildman–Crippen MR) is 148 cm³/mol. The summed E-state index contributed by atoms with van der Waals surface area (Å²) in [6.07, 6.45) is 2.01. The van der Waals surface area contributed by atoms with E-state index in [-0.39, 0.29) is 24.7 Å². The van der Waals surface area contributed by atoms with Gasteiger partial charge in [0.05, 0.1) is 20.8 Å². The molecular weight excluding hydrogens is 570 g/mol. The first-order valence-electron chi connectivity index (χ1n) is 13.0. The Balaban J connectivity index is 1.18. The van der Waals surface area contributed by atoms with Crippen LogP contribution in [0.4, 0.5) is 4.79 Å². The van der Waals surface area contributed by atoms with Crippen molar-refractivity contribution in [3.63, 3.8) is 0 Å². The van der Waals surface area contributed by atoms with Crippen molar-refractivity contribution in [2.45, 2.75) is 45.3 Å². The zero-order valence-electron chi connectivity index (χ0n) is 22.8. The SMILES string of the molecule is COc1cc(Br)c(CN2CCCC(COC(=O)NNC(=O)COc3cccc4c3OC(C)(C)C4)C2)cc1OC. The number of hydrogen-bond acceptors (Lipinski definition) is 8. The topological polar surface area (TPSA) is 108 Å². The number of para-hydroxylation sites is 1. The first kappa shape index (κ1) is 28.8. The molecule has 2 aromatic carbocycles. The molecule has 2 heterocycles. The number of carbonyl (C=O) groups is 2. The molecule has 2 amide bonds. The quantitative estimate of drug-likeness (QED) is 0.409. The van der Waals surface area contributed by atoms with Gasteiger partial charge in [0.15, 0.2) is 29.6 Å². The molecule has 0 radical (unpaired) electrons. The van der Waals surface area contributed by atoms with Gasteiger partial charge in [0.25, 0.3) is 5.91 Å². The highest BCUT2D eigenvalue weighted by molar-refractivity contribution is 9.10. The zero-order valence-corrected chi connectivity index (χ0v) is 24.4. The first-order valence-corrected chi connectivity index (χ1v) is 13.7. The van der Waals surface area contributed by atoms with Gasteiger partial charge in [-0.05, 0) is 57.0 Å². The maximum atomic E-state index is 12.2. The van der Waals surface area contributed by atoms with E-state index in [9.17, 15) is 9.59 Å². The van der Waals surface area contributed by atoms with Crippen molar-refractivity contribution in [1.29, 1.82) is 0 Å². The molecule has 2 aliphatic rings. The fourth-order valence-electron chi connectivity index (χ4n) is 4.92. The fourth-order valence-corrected chi connectivity index (χ4v) is 5.37. The molecule has 1 saturated heterocycles. The van der Waals surface area contributed by atoms with Crippen LogP contribution in [0.2, 0.25) is 0 Å². The van der Waals surface area contributed by atoms with E-state index in [1.165, 1.54) is 0 Å². The molecule has 11 heteroatoms. The number of fused-ring (bicyclic) bond motifs is 1. The second kappa shape index (κ2) is 12.8. The number of nitrogens with zero attached hydrogens (tertiary/aromatic N) is 1. The Hall–Kier alpha value is -3.18. The van der Waals surface area contributed by atoms with E-state index >= 15 is 0 Å². The molecule has 2 aromatic rings. The van der Waals surface area contributed by atoms with Crippen LogP contribution in [-0.2, 0) is 22.5 Å². The van der Waals surface area contributed by atoms with Gasteiger partial charge in [0.1, 0.15) is 5.60 Å². The van der Waals surface area contributed by atoms with Crippen LogP contribution in [0.1, 0.15) is 37.8 Å². The third-order valence-electron chi connectivity index (χ3n) is 6.72. The lowest BCUT2D eigenvalue weighted by Gasteiger charge is -2.32. The van der Waals surface area contributed by atoms with Crippen LogP contribution in [0, 0.1) is 5.92 Å². The number of halogens is 1. The summed E-state index contributed by atoms with van der Waals surface area (Å²) >= 11 is 3.62. The number of benzene rings is 2. The number of nitrogens with one attached hydrogen (secondary N) is 2. The summed E-state index contributed by atoms with van der Waals surface area (Å²) in [6.45, 7) is 6.45. The van der Waals surface area contributed by atoms with Gasteiger partial charge in [0, 0.05) is 35.5 Å². The minimum Gasteiger partial charge on any atom is -0.493 e. The molecule has 2 aliphatic heterocycles. The number of hydrazine groups is 1. The van der Waals surface area contributed by atoms with Crippen LogP contribution in [0.5, 0.6) is 23.0 Å². The lowest BCUT2D eigenvalue weighted by Crippen LogP contribution is -2.45. The van der Waals surface area contributed by atoms with E-state index in [1.807, 2.05) is 38.1 Å². The number of ether oxygens (including phenoxy) is 5. The zero-order chi connectivity index (χ0) is 28.0. The summed E-state index contributed by atoms with van der Waals surface area (Å²) < 4.78 is 28.7. The van der Waals surface area contributed by atoms with Crippen molar-refractivity contribution in [3.8, 4) is 23.0 Å². The van der Waals surface area contributed by atoms with Gasteiger partial charge in [0.2, 0.25) is 0 Å². The number of methoxy groups -OCH3 is 2. The Kier molecular flexibility index (Phi) is 9.45. The number of hydrogen-bond donors (Lipinski definition) is 2. The van der Waals surface area contributed by atoms with Gasteiger partial charge in [-0.15, -0.1) is 0 Å². The van der Waals surface area contributed by atoms with Crippen LogP contribution in [-0.4, -0.2) is 63.0 Å². The number of piperidine rings is 1. The summed E-state index contributed by atoms with van der Waals surface area (Å²) in [6, 6.07) is 9.48. The number of rotatable bonds is 9. The van der Waals surface area contributed by atoms with Crippen molar-refractivity contribution >= 4 is 27.9 Å². The van der Waals surface area contributed by atoms with E-state index in [0.717, 1.165) is 54.5 Å². The summed E-state index contributed by atoms with van der Waals surface area (Å²) in [5.74, 6) is 2.18. The molecule has 39 heavy (non-hydrogen) atoms. The maximum Gasteiger partial charge on any atom is 0.426 e. The number of amides is 2. The number of likely N-dealkylation sites (tertiary alicyclic amines) is 1. The molecule has 0 aromatic heterocycles. The first-order chi connectivity index (χ1) is 18.7. The van der Waals surface area contributed by atoms with Gasteiger partial charge < -0.3 is 23.7 Å². The van der Waals surface area contributed by atoms with Crippen LogP contribution >= 0.6 is 15.9 Å². The molecule has 2 N–H and O–H groups in total. The van der Waals surface area contributed by atoms with Crippen molar-refractivity contribution in [2.24, 2.45) is 5.92 Å². The Morgan fingerprint density at radius 2 is 1.90 bits per heavy atom. The third-order valence-corrected chi connectivity index (χ3v) is 7.46. The highest BCUT2D eigenvalue weighted by Gasteiger charge is 2.32. The van der Waals surface area contributed by atoms with Crippen LogP contribution in [0.15, 0.2) is 34.8 Å². The smallest absolute Gasteiger partial charge is 0.426 e. The Bertz CT molecular complexity index is 1190. The Labute approximate surface area is 237 Å². The van der Waals surface area contributed by atoms with Gasteiger partial charge in [-0.25, -0.2) is 10.2 Å².